The Morgan fingerprint density at radius 3 is 2.33 bits per heavy atom. The summed E-state index contributed by atoms with van der Waals surface area (Å²) in [5.41, 5.74) is 11.7. The van der Waals surface area contributed by atoms with E-state index in [2.05, 4.69) is 10.3 Å². The van der Waals surface area contributed by atoms with Gasteiger partial charge in [-0.25, -0.2) is 4.98 Å². The van der Waals surface area contributed by atoms with Gasteiger partial charge in [-0.3, -0.25) is 9.59 Å². The van der Waals surface area contributed by atoms with E-state index in [1.54, 1.807) is 30.3 Å². The first-order valence-electron chi connectivity index (χ1n) is 7.77. The molecule has 1 aromatic heterocycles. The van der Waals surface area contributed by atoms with Gasteiger partial charge in [-0.2, -0.15) is 0 Å². The molecule has 1 atom stereocenters. The van der Waals surface area contributed by atoms with Gasteiger partial charge in [0.2, 0.25) is 17.7 Å². The number of halogens is 2. The van der Waals surface area contributed by atoms with Crippen LogP contribution < -0.4 is 21.5 Å². The number of pyridine rings is 1. The molecular weight excluding hydrogens is 391 g/mol. The zero-order valence-electron chi connectivity index (χ0n) is 15.3. The number of anilines is 1. The van der Waals surface area contributed by atoms with Gasteiger partial charge in [-0.15, -0.1) is 24.8 Å². The molecule has 0 aliphatic carbocycles. The molecule has 0 unspecified atom stereocenters. The van der Waals surface area contributed by atoms with Gasteiger partial charge in [0, 0.05) is 11.6 Å². The highest BCUT2D eigenvalue weighted by Crippen LogP contribution is 2.22. The highest BCUT2D eigenvalue weighted by atomic mass is 35.5. The minimum Gasteiger partial charge on any atom is -0.439 e. The number of nitrogens with zero attached hydrogens (tertiary/aromatic N) is 1. The predicted molar refractivity (Wildman–Crippen MR) is 110 cm³/mol. The number of rotatable bonds is 5. The van der Waals surface area contributed by atoms with Gasteiger partial charge in [-0.05, 0) is 29.7 Å². The van der Waals surface area contributed by atoms with Gasteiger partial charge in [-0.1, -0.05) is 26.8 Å². The molecule has 0 aliphatic heterocycles. The number of hydrogen-bond donors (Lipinski definition) is 3. The molecule has 0 aliphatic rings. The van der Waals surface area contributed by atoms with Crippen molar-refractivity contribution in [3.63, 3.8) is 0 Å². The summed E-state index contributed by atoms with van der Waals surface area (Å²) in [5.74, 6) is -0.0566. The highest BCUT2D eigenvalue weighted by Gasteiger charge is 2.27. The molecule has 2 amide bonds. The van der Waals surface area contributed by atoms with Crippen molar-refractivity contribution >= 4 is 42.3 Å². The molecule has 27 heavy (non-hydrogen) atoms. The lowest BCUT2D eigenvalue weighted by molar-refractivity contribution is -0.119. The minimum atomic E-state index is -0.639. The lowest BCUT2D eigenvalue weighted by atomic mass is 9.87. The standard InChI is InChI=1S/C18H22N4O3.2ClH/c1-18(2,3)15(19)17(24)22-12-7-8-14(21-10-12)25-13-6-4-5-11(9-13)16(20)23;;/h4-10,15H,19H2,1-3H3,(H2,20,23)(H,22,24);2*1H/t15-;;/m1../s1. The highest BCUT2D eigenvalue weighted by molar-refractivity contribution is 5.95. The summed E-state index contributed by atoms with van der Waals surface area (Å²) < 4.78 is 5.57. The molecule has 2 rings (SSSR count). The van der Waals surface area contributed by atoms with Crippen LogP contribution in [-0.2, 0) is 4.79 Å². The third kappa shape index (κ3) is 7.05. The Bertz CT molecular complexity index is 777. The summed E-state index contributed by atoms with van der Waals surface area (Å²) in [6, 6.07) is 9.11. The van der Waals surface area contributed by atoms with Gasteiger partial charge < -0.3 is 21.5 Å². The average Bonchev–Trinajstić information content (AvgIpc) is 2.55. The number of aromatic nitrogens is 1. The molecule has 0 bridgehead atoms. The van der Waals surface area contributed by atoms with Crippen LogP contribution in [-0.4, -0.2) is 22.8 Å². The Hall–Kier alpha value is -2.35. The number of primary amides is 1. The fourth-order valence-corrected chi connectivity index (χ4v) is 1.96. The molecule has 148 valence electrons. The van der Waals surface area contributed by atoms with E-state index in [4.69, 9.17) is 16.2 Å². The Morgan fingerprint density at radius 2 is 1.81 bits per heavy atom. The van der Waals surface area contributed by atoms with Crippen molar-refractivity contribution in [2.24, 2.45) is 16.9 Å². The van der Waals surface area contributed by atoms with E-state index in [1.807, 2.05) is 20.8 Å². The van der Waals surface area contributed by atoms with Gasteiger partial charge in [0.05, 0.1) is 17.9 Å². The van der Waals surface area contributed by atoms with Gasteiger partial charge in [0.1, 0.15) is 5.75 Å². The second-order valence-corrected chi connectivity index (χ2v) is 6.71. The van der Waals surface area contributed by atoms with Crippen LogP contribution in [0.5, 0.6) is 11.6 Å². The third-order valence-corrected chi connectivity index (χ3v) is 3.56. The Morgan fingerprint density at radius 1 is 1.15 bits per heavy atom. The van der Waals surface area contributed by atoms with Crippen molar-refractivity contribution in [2.45, 2.75) is 26.8 Å². The number of benzene rings is 1. The van der Waals surface area contributed by atoms with E-state index in [9.17, 15) is 9.59 Å². The predicted octanol–water partition coefficient (Wildman–Crippen LogP) is 3.13. The van der Waals surface area contributed by atoms with Crippen LogP contribution in [0.25, 0.3) is 0 Å². The number of ether oxygens (including phenoxy) is 1. The number of carbonyl (C=O) groups is 2. The van der Waals surface area contributed by atoms with E-state index in [0.29, 0.717) is 22.9 Å². The number of amides is 2. The molecule has 9 heteroatoms. The Balaban J connectivity index is 0.00000338. The van der Waals surface area contributed by atoms with E-state index in [0.717, 1.165) is 0 Å². The number of carbonyl (C=O) groups excluding carboxylic acids is 2. The van der Waals surface area contributed by atoms with Crippen molar-refractivity contribution in [3.05, 3.63) is 48.2 Å². The lowest BCUT2D eigenvalue weighted by Gasteiger charge is -2.25. The molecule has 7 nitrogen and oxygen atoms in total. The monoisotopic (exact) mass is 414 g/mol. The molecule has 0 saturated carbocycles. The first-order chi connectivity index (χ1) is 11.7. The summed E-state index contributed by atoms with van der Waals surface area (Å²) in [4.78, 5) is 27.4. The summed E-state index contributed by atoms with van der Waals surface area (Å²) in [5, 5.41) is 2.72. The van der Waals surface area contributed by atoms with Crippen molar-refractivity contribution in [3.8, 4) is 11.6 Å². The normalized spacial score (nSPS) is 11.4. The Labute approximate surface area is 170 Å². The van der Waals surface area contributed by atoms with Crippen LogP contribution >= 0.6 is 24.8 Å². The van der Waals surface area contributed by atoms with Crippen molar-refractivity contribution in [1.82, 2.24) is 4.98 Å². The number of nitrogens with two attached hydrogens (primary N) is 2. The van der Waals surface area contributed by atoms with Crippen LogP contribution in [0.1, 0.15) is 31.1 Å². The first kappa shape index (κ1) is 24.7. The molecule has 0 spiro atoms. The fraction of sp³-hybridized carbons (Fsp3) is 0.278. The molecule has 5 N–H and O–H groups in total. The molecule has 0 fully saturated rings. The van der Waals surface area contributed by atoms with Crippen LogP contribution in [0, 0.1) is 5.41 Å². The van der Waals surface area contributed by atoms with Crippen LogP contribution in [0.4, 0.5) is 5.69 Å². The van der Waals surface area contributed by atoms with Crippen molar-refractivity contribution < 1.29 is 14.3 Å². The van der Waals surface area contributed by atoms with E-state index in [1.165, 1.54) is 12.3 Å². The third-order valence-electron chi connectivity index (χ3n) is 3.56. The van der Waals surface area contributed by atoms with E-state index >= 15 is 0 Å². The van der Waals surface area contributed by atoms with Gasteiger partial charge in [0.25, 0.3) is 0 Å². The molecule has 0 saturated heterocycles. The summed E-state index contributed by atoms with van der Waals surface area (Å²) in [7, 11) is 0. The average molecular weight is 415 g/mol. The maximum atomic E-state index is 12.1. The molecule has 1 aromatic carbocycles. The van der Waals surface area contributed by atoms with Crippen molar-refractivity contribution in [2.75, 3.05) is 5.32 Å². The smallest absolute Gasteiger partial charge is 0.248 e. The lowest BCUT2D eigenvalue weighted by Crippen LogP contribution is -2.45. The number of hydrogen-bond acceptors (Lipinski definition) is 5. The van der Waals surface area contributed by atoms with E-state index in [-0.39, 0.29) is 36.1 Å². The van der Waals surface area contributed by atoms with Gasteiger partial charge in [0.15, 0.2) is 0 Å². The first-order valence-corrected chi connectivity index (χ1v) is 7.77. The minimum absolute atomic E-state index is 0. The van der Waals surface area contributed by atoms with Crippen LogP contribution in [0.2, 0.25) is 0 Å². The zero-order valence-corrected chi connectivity index (χ0v) is 16.9. The second kappa shape index (κ2) is 10.1. The Kier molecular flexibility index (Phi) is 9.23. The van der Waals surface area contributed by atoms with Crippen molar-refractivity contribution in [1.29, 1.82) is 0 Å². The molecular formula is C18H24Cl2N4O3. The summed E-state index contributed by atoms with van der Waals surface area (Å²) in [6.07, 6.45) is 1.47. The molecule has 2 aromatic rings. The largest absolute Gasteiger partial charge is 0.439 e. The quantitative estimate of drug-likeness (QED) is 0.693. The zero-order chi connectivity index (χ0) is 18.6. The summed E-state index contributed by atoms with van der Waals surface area (Å²) in [6.45, 7) is 5.69. The van der Waals surface area contributed by atoms with E-state index < -0.39 is 11.9 Å². The van der Waals surface area contributed by atoms with Gasteiger partial charge >= 0.3 is 0 Å². The molecule has 0 radical (unpaired) electrons. The van der Waals surface area contributed by atoms with Crippen LogP contribution in [0.3, 0.4) is 0 Å². The topological polar surface area (TPSA) is 120 Å². The maximum absolute atomic E-state index is 12.1. The number of nitrogens with one attached hydrogen (secondary N) is 1. The summed E-state index contributed by atoms with van der Waals surface area (Å²) >= 11 is 0. The fourth-order valence-electron chi connectivity index (χ4n) is 1.96. The van der Waals surface area contributed by atoms with Crippen LogP contribution in [0.15, 0.2) is 42.6 Å². The second-order valence-electron chi connectivity index (χ2n) is 6.71. The SMILES string of the molecule is CC(C)(C)[C@H](N)C(=O)Nc1ccc(Oc2cccc(C(N)=O)c2)nc1.Cl.Cl. The maximum Gasteiger partial charge on any atom is 0.248 e. The molecule has 1 heterocycles.